The van der Waals surface area contributed by atoms with E-state index < -0.39 is 15.9 Å². The summed E-state index contributed by atoms with van der Waals surface area (Å²) in [7, 11) is -4.11. The summed E-state index contributed by atoms with van der Waals surface area (Å²) in [5.74, 6) is -0.0432. The largest absolute Gasteiger partial charge is 0.439 e. The van der Waals surface area contributed by atoms with Gasteiger partial charge in [-0.3, -0.25) is 4.79 Å². The van der Waals surface area contributed by atoms with Gasteiger partial charge in [-0.2, -0.15) is 0 Å². The summed E-state index contributed by atoms with van der Waals surface area (Å²) in [5.41, 5.74) is 0.0421. The van der Waals surface area contributed by atoms with Crippen LogP contribution in [0.5, 0.6) is 11.6 Å². The molecule has 0 aliphatic carbocycles. The van der Waals surface area contributed by atoms with E-state index in [2.05, 4.69) is 20.9 Å². The number of benzene rings is 2. The van der Waals surface area contributed by atoms with E-state index in [1.807, 2.05) is 10.8 Å². The summed E-state index contributed by atoms with van der Waals surface area (Å²) < 4.78 is 32.9. The first kappa shape index (κ1) is 19.3. The van der Waals surface area contributed by atoms with Gasteiger partial charge in [0.05, 0.1) is 16.8 Å². The van der Waals surface area contributed by atoms with Crippen molar-refractivity contribution in [3.05, 3.63) is 81.9 Å². The molecule has 1 N–H and O–H groups in total. The molecule has 0 saturated carbocycles. The first-order valence-electron chi connectivity index (χ1n) is 7.56. The van der Waals surface area contributed by atoms with Gasteiger partial charge in [0, 0.05) is 10.5 Å². The molecule has 0 bridgehead atoms. The summed E-state index contributed by atoms with van der Waals surface area (Å²) in [6.45, 7) is 0. The zero-order valence-corrected chi connectivity index (χ0v) is 16.8. The number of pyridine rings is 1. The molecule has 3 rings (SSSR count). The van der Waals surface area contributed by atoms with E-state index in [-0.39, 0.29) is 21.4 Å². The Kier molecular flexibility index (Phi) is 5.79. The second kappa shape index (κ2) is 8.08. The molecule has 1 aromatic heterocycles. The lowest BCUT2D eigenvalue weighted by Crippen LogP contribution is -2.30. The molecular formula is C18H12BrClN2O4S. The summed E-state index contributed by atoms with van der Waals surface area (Å²) in [4.78, 5) is 16.0. The molecule has 1 heterocycles. The van der Waals surface area contributed by atoms with Crippen molar-refractivity contribution in [3.8, 4) is 11.6 Å². The van der Waals surface area contributed by atoms with Gasteiger partial charge >= 0.3 is 0 Å². The number of amides is 1. The van der Waals surface area contributed by atoms with Gasteiger partial charge in [-0.25, -0.2) is 18.1 Å². The van der Waals surface area contributed by atoms with Gasteiger partial charge in [-0.05, 0) is 36.4 Å². The van der Waals surface area contributed by atoms with Crippen LogP contribution in [0.2, 0.25) is 5.02 Å². The van der Waals surface area contributed by atoms with Crippen LogP contribution in [0.25, 0.3) is 0 Å². The predicted molar refractivity (Wildman–Crippen MR) is 105 cm³/mol. The third-order valence-corrected chi connectivity index (χ3v) is 5.51. The summed E-state index contributed by atoms with van der Waals surface area (Å²) >= 11 is 9.20. The first-order chi connectivity index (χ1) is 12.8. The zero-order valence-electron chi connectivity index (χ0n) is 13.6. The maximum absolute atomic E-state index is 12.4. The number of ether oxygens (including phenoxy) is 1. The van der Waals surface area contributed by atoms with Gasteiger partial charge in [-0.1, -0.05) is 45.7 Å². The fraction of sp³-hybridized carbons (Fsp3) is 0. The van der Waals surface area contributed by atoms with Gasteiger partial charge in [0.1, 0.15) is 10.6 Å². The molecule has 0 unspecified atom stereocenters. The van der Waals surface area contributed by atoms with E-state index in [0.717, 1.165) is 6.20 Å². The molecular weight excluding hydrogens is 456 g/mol. The van der Waals surface area contributed by atoms with Crippen molar-refractivity contribution in [1.29, 1.82) is 0 Å². The van der Waals surface area contributed by atoms with E-state index in [1.165, 1.54) is 24.3 Å². The Morgan fingerprint density at radius 1 is 1.07 bits per heavy atom. The number of halogens is 2. The zero-order chi connectivity index (χ0) is 19.4. The third-order valence-electron chi connectivity index (χ3n) is 3.39. The Hall–Kier alpha value is -2.42. The highest BCUT2D eigenvalue weighted by molar-refractivity contribution is 9.10. The molecule has 138 valence electrons. The van der Waals surface area contributed by atoms with Crippen LogP contribution in [0.4, 0.5) is 0 Å². The van der Waals surface area contributed by atoms with Crippen LogP contribution in [-0.2, 0) is 10.0 Å². The van der Waals surface area contributed by atoms with Crippen LogP contribution in [0, 0.1) is 0 Å². The molecule has 0 atom stereocenters. The Morgan fingerprint density at radius 3 is 2.44 bits per heavy atom. The highest BCUT2D eigenvalue weighted by Gasteiger charge is 2.21. The highest BCUT2D eigenvalue weighted by Crippen LogP contribution is 2.23. The summed E-state index contributed by atoms with van der Waals surface area (Å²) in [6, 6.07) is 16.1. The van der Waals surface area contributed by atoms with Crippen molar-refractivity contribution >= 4 is 43.5 Å². The normalized spacial score (nSPS) is 11.0. The fourth-order valence-corrected chi connectivity index (χ4v) is 3.77. The Bertz CT molecular complexity index is 1070. The monoisotopic (exact) mass is 466 g/mol. The van der Waals surface area contributed by atoms with Gasteiger partial charge in [0.25, 0.3) is 15.9 Å². The molecule has 1 amide bonds. The van der Waals surface area contributed by atoms with Crippen molar-refractivity contribution < 1.29 is 17.9 Å². The van der Waals surface area contributed by atoms with Crippen molar-refractivity contribution in [2.75, 3.05) is 0 Å². The van der Waals surface area contributed by atoms with Gasteiger partial charge in [0.15, 0.2) is 0 Å². The average molecular weight is 468 g/mol. The standard InChI is InChI=1S/C18H12BrClN2O4S/c19-12-6-8-15(16(20)10-12)18(23)22-27(24,25)14-7-9-17(21-11-14)26-13-4-2-1-3-5-13/h1-11H,(H,22,23). The van der Waals surface area contributed by atoms with E-state index >= 15 is 0 Å². The second-order valence-corrected chi connectivity index (χ2v) is 8.31. The number of hydrogen-bond donors (Lipinski definition) is 1. The van der Waals surface area contributed by atoms with Crippen LogP contribution in [-0.4, -0.2) is 19.3 Å². The smallest absolute Gasteiger partial charge is 0.266 e. The summed E-state index contributed by atoms with van der Waals surface area (Å²) in [6.07, 6.45) is 1.11. The maximum Gasteiger partial charge on any atom is 0.266 e. The van der Waals surface area contributed by atoms with Gasteiger partial charge in [-0.15, -0.1) is 0 Å². The van der Waals surface area contributed by atoms with Gasteiger partial charge < -0.3 is 4.74 Å². The lowest BCUT2D eigenvalue weighted by Gasteiger charge is -2.09. The fourth-order valence-electron chi connectivity index (χ4n) is 2.10. The molecule has 0 fully saturated rings. The molecule has 0 aliphatic heterocycles. The molecule has 9 heteroatoms. The SMILES string of the molecule is O=C(NS(=O)(=O)c1ccc(Oc2ccccc2)nc1)c1ccc(Br)cc1Cl. The lowest BCUT2D eigenvalue weighted by molar-refractivity contribution is 0.0981. The molecule has 6 nitrogen and oxygen atoms in total. The highest BCUT2D eigenvalue weighted by atomic mass is 79.9. The minimum Gasteiger partial charge on any atom is -0.439 e. The number of hydrogen-bond acceptors (Lipinski definition) is 5. The third kappa shape index (κ3) is 4.85. The number of nitrogens with one attached hydrogen (secondary N) is 1. The molecule has 27 heavy (non-hydrogen) atoms. The van der Waals surface area contributed by atoms with Crippen LogP contribution in [0.1, 0.15) is 10.4 Å². The van der Waals surface area contributed by atoms with Crippen molar-refractivity contribution in [2.45, 2.75) is 4.90 Å². The number of nitrogens with zero attached hydrogens (tertiary/aromatic N) is 1. The van der Waals surface area contributed by atoms with E-state index in [9.17, 15) is 13.2 Å². The average Bonchev–Trinajstić information content (AvgIpc) is 2.62. The second-order valence-electron chi connectivity index (χ2n) is 5.31. The van der Waals surface area contributed by atoms with Crippen LogP contribution in [0.15, 0.2) is 76.2 Å². The number of aromatic nitrogens is 1. The predicted octanol–water partition coefficient (Wildman–Crippen LogP) is 4.41. The topological polar surface area (TPSA) is 85.4 Å². The molecule has 0 radical (unpaired) electrons. The number of carbonyl (C=O) groups excluding carboxylic acids is 1. The lowest BCUT2D eigenvalue weighted by atomic mass is 10.2. The van der Waals surface area contributed by atoms with Crippen LogP contribution < -0.4 is 9.46 Å². The van der Waals surface area contributed by atoms with E-state index in [4.69, 9.17) is 16.3 Å². The molecule has 0 spiro atoms. The molecule has 2 aromatic carbocycles. The Morgan fingerprint density at radius 2 is 1.81 bits per heavy atom. The quantitative estimate of drug-likeness (QED) is 0.601. The molecule has 3 aromatic rings. The molecule has 0 aliphatic rings. The van der Waals surface area contributed by atoms with Crippen LogP contribution >= 0.6 is 27.5 Å². The van der Waals surface area contributed by atoms with E-state index in [0.29, 0.717) is 10.2 Å². The number of sulfonamides is 1. The number of carbonyl (C=O) groups is 1. The minimum atomic E-state index is -4.11. The number of para-hydroxylation sites is 1. The van der Waals surface area contributed by atoms with E-state index in [1.54, 1.807) is 30.3 Å². The number of rotatable bonds is 5. The Balaban J connectivity index is 1.75. The maximum atomic E-state index is 12.4. The minimum absolute atomic E-state index is 0.0421. The van der Waals surface area contributed by atoms with Crippen molar-refractivity contribution in [3.63, 3.8) is 0 Å². The first-order valence-corrected chi connectivity index (χ1v) is 10.2. The van der Waals surface area contributed by atoms with Crippen molar-refractivity contribution in [2.24, 2.45) is 0 Å². The molecule has 0 saturated heterocycles. The summed E-state index contributed by atoms with van der Waals surface area (Å²) in [5, 5.41) is 0.127. The van der Waals surface area contributed by atoms with Crippen LogP contribution in [0.3, 0.4) is 0 Å². The Labute approximate surface area is 169 Å². The van der Waals surface area contributed by atoms with Crippen molar-refractivity contribution in [1.82, 2.24) is 9.71 Å². The van der Waals surface area contributed by atoms with Gasteiger partial charge in [0.2, 0.25) is 5.88 Å².